The highest BCUT2D eigenvalue weighted by atomic mass is 35.5. The van der Waals surface area contributed by atoms with Crippen LogP contribution in [-0.4, -0.2) is 49.7 Å². The molecule has 0 fully saturated rings. The number of hydrogen-bond acceptors (Lipinski definition) is 10. The third-order valence-corrected chi connectivity index (χ3v) is 5.53. The Kier molecular flexibility index (Phi) is 6.25. The van der Waals surface area contributed by atoms with Gasteiger partial charge in [0.25, 0.3) is 0 Å². The number of aromatic amines is 2. The summed E-state index contributed by atoms with van der Waals surface area (Å²) in [6.07, 6.45) is 1.40. The molecule has 5 N–H and O–H groups in total. The van der Waals surface area contributed by atoms with E-state index in [1.807, 2.05) is 17.5 Å². The fourth-order valence-electron chi connectivity index (χ4n) is 2.11. The minimum absolute atomic E-state index is 0.0254. The van der Waals surface area contributed by atoms with Crippen LogP contribution in [0.15, 0.2) is 40.9 Å². The molecule has 0 saturated heterocycles. The van der Waals surface area contributed by atoms with Crippen molar-refractivity contribution in [2.75, 3.05) is 5.32 Å². The van der Waals surface area contributed by atoms with Crippen LogP contribution in [0, 0.1) is 0 Å². The predicted octanol–water partition coefficient (Wildman–Crippen LogP) is 1.04. The molecule has 0 bridgehead atoms. The summed E-state index contributed by atoms with van der Waals surface area (Å²) >= 11 is 7.65. The number of thiophene rings is 1. The second-order valence-corrected chi connectivity index (χ2v) is 8.09. The number of benzene rings is 1. The van der Waals surface area contributed by atoms with Gasteiger partial charge in [0, 0.05) is 22.7 Å². The first-order chi connectivity index (χ1) is 13.4. The van der Waals surface area contributed by atoms with E-state index in [1.165, 1.54) is 18.5 Å². The minimum atomic E-state index is -3.96. The quantitative estimate of drug-likeness (QED) is 0.352. The molecule has 0 spiro atoms. The van der Waals surface area contributed by atoms with E-state index in [1.54, 1.807) is 11.3 Å². The Hall–Kier alpha value is -2.94. The number of nitrogens with zero attached hydrogens (tertiary/aromatic N) is 6. The van der Waals surface area contributed by atoms with Gasteiger partial charge in [-0.15, -0.1) is 21.5 Å². The van der Waals surface area contributed by atoms with Crippen molar-refractivity contribution >= 4 is 38.6 Å². The van der Waals surface area contributed by atoms with E-state index in [2.05, 4.69) is 46.6 Å². The van der Waals surface area contributed by atoms with Gasteiger partial charge in [-0.1, -0.05) is 17.7 Å². The van der Waals surface area contributed by atoms with E-state index in [9.17, 15) is 8.42 Å². The van der Waals surface area contributed by atoms with Crippen molar-refractivity contribution in [1.82, 2.24) is 41.2 Å². The monoisotopic (exact) mass is 440 g/mol. The van der Waals surface area contributed by atoms with Crippen LogP contribution in [0.5, 0.6) is 0 Å². The van der Waals surface area contributed by atoms with Crippen molar-refractivity contribution in [3.63, 3.8) is 0 Å². The summed E-state index contributed by atoms with van der Waals surface area (Å²) in [6, 6.07) is 6.76. The van der Waals surface area contributed by atoms with Crippen LogP contribution < -0.4 is 10.5 Å². The Bertz CT molecular complexity index is 1080. The number of halogens is 1. The number of anilines is 1. The minimum Gasteiger partial charge on any atom is -0.380 e. The number of sulfonamides is 1. The van der Waals surface area contributed by atoms with E-state index >= 15 is 0 Å². The zero-order valence-electron chi connectivity index (χ0n) is 13.9. The van der Waals surface area contributed by atoms with Crippen molar-refractivity contribution in [3.05, 3.63) is 45.9 Å². The Labute approximate surface area is 167 Å². The second kappa shape index (κ2) is 8.83. The standard InChI is InChI=1S/C12H11ClN6O2S2.CH2N4/c13-9-5-10(15-6-7-2-1-3-22-7)8(12-16-18-19-17-12)4-11(9)23(14,20)21;1-2-4-5-3-1/h1-5,15H,6H2,(H2,14,20,21)(H,16,17,18,19);1H,(H,2,3,4,5). The molecule has 0 saturated carbocycles. The number of nitrogens with two attached hydrogens (primary N) is 1. The smallest absolute Gasteiger partial charge is 0.239 e. The van der Waals surface area contributed by atoms with Crippen LogP contribution in [-0.2, 0) is 16.6 Å². The maximum atomic E-state index is 11.6. The molecule has 146 valence electrons. The number of tetrazole rings is 2. The van der Waals surface area contributed by atoms with E-state index in [4.69, 9.17) is 16.7 Å². The van der Waals surface area contributed by atoms with Gasteiger partial charge in [-0.3, -0.25) is 0 Å². The highest BCUT2D eigenvalue weighted by Crippen LogP contribution is 2.33. The van der Waals surface area contributed by atoms with Crippen molar-refractivity contribution in [1.29, 1.82) is 0 Å². The normalized spacial score (nSPS) is 10.9. The van der Waals surface area contributed by atoms with E-state index in [0.29, 0.717) is 23.6 Å². The molecular formula is C13H13ClN10O2S2. The average Bonchev–Trinajstić information content (AvgIpc) is 3.44. The summed E-state index contributed by atoms with van der Waals surface area (Å²) < 4.78 is 23.3. The third-order valence-electron chi connectivity index (χ3n) is 3.28. The summed E-state index contributed by atoms with van der Waals surface area (Å²) in [5.74, 6) is 0.306. The lowest BCUT2D eigenvalue weighted by Crippen LogP contribution is -2.13. The lowest BCUT2D eigenvalue weighted by Gasteiger charge is -2.12. The van der Waals surface area contributed by atoms with Crippen LogP contribution in [0.4, 0.5) is 5.69 Å². The average molecular weight is 441 g/mol. The Morgan fingerprint density at radius 3 is 2.64 bits per heavy atom. The first-order valence-electron chi connectivity index (χ1n) is 7.49. The van der Waals surface area contributed by atoms with Gasteiger partial charge in [-0.05, 0) is 44.4 Å². The molecule has 0 aliphatic carbocycles. The summed E-state index contributed by atoms with van der Waals surface area (Å²) in [5, 5.41) is 35.9. The molecule has 1 aromatic carbocycles. The van der Waals surface area contributed by atoms with Crippen molar-refractivity contribution in [2.24, 2.45) is 5.14 Å². The lowest BCUT2D eigenvalue weighted by molar-refractivity contribution is 0.598. The molecule has 0 aliphatic rings. The fraction of sp³-hybridized carbons (Fsp3) is 0.0769. The molecule has 12 nitrogen and oxygen atoms in total. The van der Waals surface area contributed by atoms with Crippen LogP contribution in [0.3, 0.4) is 0 Å². The predicted molar refractivity (Wildman–Crippen MR) is 102 cm³/mol. The second-order valence-electron chi connectivity index (χ2n) is 5.12. The van der Waals surface area contributed by atoms with E-state index in [0.717, 1.165) is 4.88 Å². The van der Waals surface area contributed by atoms with E-state index < -0.39 is 10.0 Å². The van der Waals surface area contributed by atoms with Gasteiger partial charge in [0.2, 0.25) is 10.0 Å². The summed E-state index contributed by atoms with van der Waals surface area (Å²) in [6.45, 7) is 0.553. The van der Waals surface area contributed by atoms with Gasteiger partial charge in [0.15, 0.2) is 5.82 Å². The van der Waals surface area contributed by atoms with Crippen LogP contribution in [0.25, 0.3) is 11.4 Å². The van der Waals surface area contributed by atoms with Crippen molar-refractivity contribution in [3.8, 4) is 11.4 Å². The molecule has 0 atom stereocenters. The van der Waals surface area contributed by atoms with Crippen molar-refractivity contribution in [2.45, 2.75) is 11.4 Å². The van der Waals surface area contributed by atoms with Crippen LogP contribution in [0.1, 0.15) is 4.88 Å². The van der Waals surface area contributed by atoms with E-state index in [-0.39, 0.29) is 9.92 Å². The number of hydrogen-bond donors (Lipinski definition) is 4. The van der Waals surface area contributed by atoms with Gasteiger partial charge in [-0.25, -0.2) is 23.8 Å². The van der Waals surface area contributed by atoms with Gasteiger partial charge in [0.1, 0.15) is 11.2 Å². The number of rotatable bonds is 5. The fourth-order valence-corrected chi connectivity index (χ4v) is 3.86. The summed E-state index contributed by atoms with van der Waals surface area (Å²) in [7, 11) is -3.96. The van der Waals surface area contributed by atoms with Gasteiger partial charge < -0.3 is 5.32 Å². The largest absolute Gasteiger partial charge is 0.380 e. The number of H-pyrrole nitrogens is 2. The van der Waals surface area contributed by atoms with Gasteiger partial charge >= 0.3 is 0 Å². The molecule has 3 heterocycles. The zero-order valence-corrected chi connectivity index (χ0v) is 16.3. The van der Waals surface area contributed by atoms with Gasteiger partial charge in [-0.2, -0.15) is 0 Å². The molecule has 0 amide bonds. The Morgan fingerprint density at radius 1 is 1.25 bits per heavy atom. The number of aromatic nitrogens is 8. The van der Waals surface area contributed by atoms with Crippen LogP contribution >= 0.6 is 22.9 Å². The molecule has 4 rings (SSSR count). The summed E-state index contributed by atoms with van der Waals surface area (Å²) in [4.78, 5) is 0.922. The molecular weight excluding hydrogens is 428 g/mol. The van der Waals surface area contributed by atoms with Gasteiger partial charge in [0.05, 0.1) is 5.02 Å². The first kappa shape index (κ1) is 19.8. The highest BCUT2D eigenvalue weighted by Gasteiger charge is 2.19. The first-order valence-corrected chi connectivity index (χ1v) is 10.3. The topological polar surface area (TPSA) is 181 Å². The summed E-state index contributed by atoms with van der Waals surface area (Å²) in [5.41, 5.74) is 1.05. The number of primary sulfonamides is 1. The molecule has 0 aliphatic heterocycles. The zero-order chi connectivity index (χ0) is 20.0. The molecule has 0 radical (unpaired) electrons. The molecule has 3 aromatic heterocycles. The number of nitrogens with one attached hydrogen (secondary N) is 3. The SMILES string of the molecule is NS(=O)(=O)c1cc(-c2nnn[nH]2)c(NCc2cccs2)cc1Cl.c1nnn[nH]1. The lowest BCUT2D eigenvalue weighted by atomic mass is 10.1. The molecule has 15 heteroatoms. The molecule has 28 heavy (non-hydrogen) atoms. The highest BCUT2D eigenvalue weighted by molar-refractivity contribution is 7.89. The molecule has 4 aromatic rings. The van der Waals surface area contributed by atoms with Crippen LogP contribution in [0.2, 0.25) is 5.02 Å². The molecule has 0 unspecified atom stereocenters. The third kappa shape index (κ3) is 5.07. The maximum Gasteiger partial charge on any atom is 0.239 e. The van der Waals surface area contributed by atoms with Crippen molar-refractivity contribution < 1.29 is 8.42 Å². The Balaban J connectivity index is 0.000000391. The maximum absolute atomic E-state index is 11.6. The Morgan fingerprint density at radius 2 is 2.11 bits per heavy atom.